The van der Waals surface area contributed by atoms with Crippen LogP contribution in [0.1, 0.15) is 12.5 Å². The Morgan fingerprint density at radius 2 is 1.61 bits per heavy atom. The lowest BCUT2D eigenvalue weighted by molar-refractivity contribution is -0.243. The van der Waals surface area contributed by atoms with E-state index in [0.717, 1.165) is 0 Å². The molecule has 2 N–H and O–H groups in total. The van der Waals surface area contributed by atoms with Crippen LogP contribution in [0.5, 0.6) is 17.2 Å². The number of rotatable bonds is 9. The monoisotopic (exact) mass is 329 g/mol. The molecule has 1 aromatic rings. The zero-order valence-electron chi connectivity index (χ0n) is 14.1. The molecular formula is C15H23NO7. The van der Waals surface area contributed by atoms with E-state index in [0.29, 0.717) is 22.8 Å². The predicted octanol–water partition coefficient (Wildman–Crippen LogP) is 1.18. The van der Waals surface area contributed by atoms with Crippen molar-refractivity contribution in [1.82, 2.24) is 5.32 Å². The van der Waals surface area contributed by atoms with Crippen molar-refractivity contribution in [1.29, 1.82) is 0 Å². The average molecular weight is 329 g/mol. The highest BCUT2D eigenvalue weighted by molar-refractivity contribution is 5.73. The van der Waals surface area contributed by atoms with Gasteiger partial charge in [0.25, 0.3) is 5.91 Å². The summed E-state index contributed by atoms with van der Waals surface area (Å²) >= 11 is 0. The molecule has 0 amide bonds. The first-order valence-corrected chi connectivity index (χ1v) is 6.80. The fourth-order valence-corrected chi connectivity index (χ4v) is 2.21. The van der Waals surface area contributed by atoms with Gasteiger partial charge in [0, 0.05) is 14.2 Å². The summed E-state index contributed by atoms with van der Waals surface area (Å²) in [5, 5.41) is 11.9. The number of carboxylic acids is 1. The number of benzene rings is 1. The molecule has 8 heteroatoms. The first-order chi connectivity index (χ1) is 10.9. The summed E-state index contributed by atoms with van der Waals surface area (Å²) in [6.07, 6.45) is 0. The largest absolute Gasteiger partial charge is 0.493 e. The number of nitrogens with one attached hydrogen (secondary N) is 1. The van der Waals surface area contributed by atoms with E-state index in [2.05, 4.69) is 5.32 Å². The maximum absolute atomic E-state index is 11.2. The molecule has 0 saturated carbocycles. The normalized spacial score (nSPS) is 12.6. The molecule has 8 nitrogen and oxygen atoms in total. The molecule has 0 heterocycles. The lowest BCUT2D eigenvalue weighted by atomic mass is 10.1. The Morgan fingerprint density at radius 3 is 2.00 bits per heavy atom. The molecule has 0 saturated heterocycles. The van der Waals surface area contributed by atoms with Gasteiger partial charge in [-0.2, -0.15) is 0 Å². The lowest BCUT2D eigenvalue weighted by Gasteiger charge is -2.35. The zero-order chi connectivity index (χ0) is 17.6. The Kier molecular flexibility index (Phi) is 6.62. The van der Waals surface area contributed by atoms with Crippen LogP contribution in [-0.4, -0.2) is 52.7 Å². The molecule has 0 aliphatic heterocycles. The fourth-order valence-electron chi connectivity index (χ4n) is 2.21. The van der Waals surface area contributed by atoms with Gasteiger partial charge >= 0.3 is 5.97 Å². The van der Waals surface area contributed by atoms with Gasteiger partial charge in [-0.05, 0) is 19.1 Å². The molecule has 130 valence electrons. The van der Waals surface area contributed by atoms with Crippen LogP contribution in [0.2, 0.25) is 0 Å². The van der Waals surface area contributed by atoms with Crippen molar-refractivity contribution >= 4 is 5.97 Å². The van der Waals surface area contributed by atoms with Crippen molar-refractivity contribution in [3.63, 3.8) is 0 Å². The van der Waals surface area contributed by atoms with Crippen LogP contribution < -0.4 is 19.5 Å². The Hall–Kier alpha value is -2.03. The van der Waals surface area contributed by atoms with Gasteiger partial charge in [0.05, 0.1) is 26.9 Å². The van der Waals surface area contributed by atoms with Crippen LogP contribution in [0.25, 0.3) is 0 Å². The summed E-state index contributed by atoms with van der Waals surface area (Å²) in [6, 6.07) is 2.36. The van der Waals surface area contributed by atoms with Gasteiger partial charge in [-0.1, -0.05) is 0 Å². The molecule has 0 aliphatic carbocycles. The molecular weight excluding hydrogens is 306 g/mol. The van der Waals surface area contributed by atoms with Gasteiger partial charge in [0.1, 0.15) is 6.04 Å². The van der Waals surface area contributed by atoms with E-state index in [1.807, 2.05) is 0 Å². The van der Waals surface area contributed by atoms with Crippen LogP contribution in [0.3, 0.4) is 0 Å². The van der Waals surface area contributed by atoms with E-state index < -0.39 is 17.9 Å². The Bertz CT molecular complexity index is 543. The molecule has 23 heavy (non-hydrogen) atoms. The van der Waals surface area contributed by atoms with Gasteiger partial charge in [0.15, 0.2) is 11.5 Å². The summed E-state index contributed by atoms with van der Waals surface area (Å²) in [4.78, 5) is 11.2. The van der Waals surface area contributed by atoms with Crippen molar-refractivity contribution in [3.05, 3.63) is 17.7 Å². The summed E-state index contributed by atoms with van der Waals surface area (Å²) in [5.41, 5.74) is 0.413. The summed E-state index contributed by atoms with van der Waals surface area (Å²) in [6.45, 7) is 1.47. The van der Waals surface area contributed by atoms with Crippen LogP contribution in [0.15, 0.2) is 12.1 Å². The first-order valence-electron chi connectivity index (χ1n) is 6.80. The number of hydrogen-bond acceptors (Lipinski definition) is 7. The smallest absolute Gasteiger partial charge is 0.320 e. The molecule has 0 radical (unpaired) electrons. The Balaban J connectivity index is 3.51. The summed E-state index contributed by atoms with van der Waals surface area (Å²) < 4.78 is 26.8. The van der Waals surface area contributed by atoms with Gasteiger partial charge in [-0.25, -0.2) is 5.32 Å². The molecule has 0 spiro atoms. The number of ether oxygens (including phenoxy) is 5. The van der Waals surface area contributed by atoms with Crippen molar-refractivity contribution in [2.24, 2.45) is 0 Å². The van der Waals surface area contributed by atoms with Crippen LogP contribution in [0.4, 0.5) is 0 Å². The topological polar surface area (TPSA) is 95.5 Å². The molecule has 1 atom stereocenters. The van der Waals surface area contributed by atoms with Crippen LogP contribution >= 0.6 is 0 Å². The maximum Gasteiger partial charge on any atom is 0.320 e. The molecule has 0 aromatic heterocycles. The van der Waals surface area contributed by atoms with E-state index in [1.165, 1.54) is 42.5 Å². The van der Waals surface area contributed by atoms with Crippen molar-refractivity contribution in [2.75, 3.05) is 35.5 Å². The number of aliphatic carboxylic acids is 1. The number of carbonyl (C=O) groups is 1. The highest BCUT2D eigenvalue weighted by Crippen LogP contribution is 2.44. The second kappa shape index (κ2) is 8.00. The summed E-state index contributed by atoms with van der Waals surface area (Å²) in [7, 11) is 7.21. The van der Waals surface area contributed by atoms with E-state index in [1.54, 1.807) is 12.1 Å². The molecule has 1 rings (SSSR count). The summed E-state index contributed by atoms with van der Waals surface area (Å²) in [5.74, 6) is -1.48. The molecule has 0 unspecified atom stereocenters. The molecule has 0 bridgehead atoms. The zero-order valence-corrected chi connectivity index (χ0v) is 14.1. The van der Waals surface area contributed by atoms with Gasteiger partial charge in [0.2, 0.25) is 5.75 Å². The third-order valence-electron chi connectivity index (χ3n) is 3.41. The minimum atomic E-state index is -1.54. The average Bonchev–Trinajstić information content (AvgIpc) is 2.57. The standard InChI is InChI=1S/C15H23NO7/c1-9(14(17)18)16-15(22-5,23-6)10-7-8-11(19-2)13(21-4)12(10)20-3/h7-9,16H,1-6H3,(H,17,18)/t9-/m0/s1. The van der Waals surface area contributed by atoms with Crippen LogP contribution in [0, 0.1) is 0 Å². The van der Waals surface area contributed by atoms with E-state index in [-0.39, 0.29) is 0 Å². The number of methoxy groups -OCH3 is 5. The third kappa shape index (κ3) is 3.66. The highest BCUT2D eigenvalue weighted by Gasteiger charge is 2.39. The van der Waals surface area contributed by atoms with Gasteiger partial charge in [-0.3, -0.25) is 4.79 Å². The van der Waals surface area contributed by atoms with E-state index in [4.69, 9.17) is 28.8 Å². The Labute approximate surface area is 135 Å². The second-order valence-electron chi connectivity index (χ2n) is 4.61. The van der Waals surface area contributed by atoms with Crippen LogP contribution in [-0.2, 0) is 20.2 Å². The van der Waals surface area contributed by atoms with Gasteiger partial charge in [-0.15, -0.1) is 0 Å². The van der Waals surface area contributed by atoms with E-state index in [9.17, 15) is 4.79 Å². The minimum absolute atomic E-state index is 0.306. The lowest BCUT2D eigenvalue weighted by Crippen LogP contribution is -2.52. The Morgan fingerprint density at radius 1 is 1.04 bits per heavy atom. The molecule has 0 aliphatic rings. The predicted molar refractivity (Wildman–Crippen MR) is 82.0 cm³/mol. The maximum atomic E-state index is 11.2. The quantitative estimate of drug-likeness (QED) is 0.652. The fraction of sp³-hybridized carbons (Fsp3) is 0.533. The number of hydrogen-bond donors (Lipinski definition) is 2. The van der Waals surface area contributed by atoms with Gasteiger partial charge < -0.3 is 28.8 Å². The third-order valence-corrected chi connectivity index (χ3v) is 3.41. The van der Waals surface area contributed by atoms with Crippen molar-refractivity contribution in [2.45, 2.75) is 18.9 Å². The molecule has 0 fully saturated rings. The van der Waals surface area contributed by atoms with Crippen molar-refractivity contribution in [3.8, 4) is 17.2 Å². The second-order valence-corrected chi connectivity index (χ2v) is 4.61. The minimum Gasteiger partial charge on any atom is -0.493 e. The SMILES string of the molecule is COc1ccc(C(N[C@@H](C)C(=O)O)(OC)OC)c(OC)c1OC. The van der Waals surface area contributed by atoms with Crippen molar-refractivity contribution < 1.29 is 33.6 Å². The molecule has 1 aromatic carbocycles. The highest BCUT2D eigenvalue weighted by atomic mass is 16.7. The van der Waals surface area contributed by atoms with E-state index >= 15 is 0 Å². The number of carboxylic acid groups (broad SMARTS) is 1. The first kappa shape index (κ1) is 19.0.